The Balaban J connectivity index is 2.14. The lowest BCUT2D eigenvalue weighted by molar-refractivity contribution is -0.122. The molecule has 0 aliphatic carbocycles. The van der Waals surface area contributed by atoms with Gasteiger partial charge < -0.3 is 24.3 Å². The Hall–Kier alpha value is -2.60. The van der Waals surface area contributed by atoms with E-state index in [1.165, 1.54) is 21.3 Å². The maximum Gasteiger partial charge on any atom is 0.265 e. The van der Waals surface area contributed by atoms with Gasteiger partial charge in [-0.2, -0.15) is 0 Å². The van der Waals surface area contributed by atoms with Crippen molar-refractivity contribution in [3.05, 3.63) is 41.4 Å². The van der Waals surface area contributed by atoms with Crippen molar-refractivity contribution in [2.75, 3.05) is 26.6 Å². The molecular formula is C18H20ClNO5. The average molecular weight is 366 g/mol. The lowest BCUT2D eigenvalue weighted by atomic mass is 10.2. The van der Waals surface area contributed by atoms with Crippen molar-refractivity contribution in [2.45, 2.75) is 13.0 Å². The minimum Gasteiger partial charge on any atom is -0.493 e. The van der Waals surface area contributed by atoms with E-state index in [4.69, 9.17) is 30.5 Å². The zero-order valence-corrected chi connectivity index (χ0v) is 15.2. The number of hydrogen-bond acceptors (Lipinski definition) is 5. The quantitative estimate of drug-likeness (QED) is 0.809. The molecule has 0 fully saturated rings. The van der Waals surface area contributed by atoms with Crippen molar-refractivity contribution in [1.29, 1.82) is 0 Å². The molecule has 2 aromatic carbocycles. The Bertz CT molecular complexity index is 725. The van der Waals surface area contributed by atoms with Crippen molar-refractivity contribution in [2.24, 2.45) is 0 Å². The van der Waals surface area contributed by atoms with Gasteiger partial charge in [-0.25, -0.2) is 0 Å². The number of carbonyl (C=O) groups excluding carboxylic acids is 1. The second kappa shape index (κ2) is 8.48. The zero-order chi connectivity index (χ0) is 18.4. The van der Waals surface area contributed by atoms with Crippen molar-refractivity contribution in [1.82, 2.24) is 0 Å². The predicted octanol–water partition coefficient (Wildman–Crippen LogP) is 3.77. The highest BCUT2D eigenvalue weighted by Gasteiger charge is 2.18. The zero-order valence-electron chi connectivity index (χ0n) is 14.5. The van der Waals surface area contributed by atoms with Crippen LogP contribution in [-0.4, -0.2) is 33.3 Å². The molecule has 0 bridgehead atoms. The van der Waals surface area contributed by atoms with Crippen LogP contribution in [0.5, 0.6) is 23.0 Å². The van der Waals surface area contributed by atoms with Crippen molar-refractivity contribution in [3.8, 4) is 23.0 Å². The van der Waals surface area contributed by atoms with Gasteiger partial charge in [0.15, 0.2) is 17.6 Å². The fourth-order valence-corrected chi connectivity index (χ4v) is 2.38. The van der Waals surface area contributed by atoms with E-state index in [9.17, 15) is 4.79 Å². The van der Waals surface area contributed by atoms with Gasteiger partial charge >= 0.3 is 0 Å². The molecule has 1 atom stereocenters. The molecule has 0 heterocycles. The molecule has 0 spiro atoms. The summed E-state index contributed by atoms with van der Waals surface area (Å²) < 4.78 is 21.4. The van der Waals surface area contributed by atoms with E-state index in [2.05, 4.69) is 5.32 Å². The molecule has 0 aromatic heterocycles. The number of halogens is 1. The Kier molecular flexibility index (Phi) is 6.36. The summed E-state index contributed by atoms with van der Waals surface area (Å²) in [6, 6.07) is 10.1. The minimum absolute atomic E-state index is 0.325. The normalized spacial score (nSPS) is 11.4. The van der Waals surface area contributed by atoms with Crippen LogP contribution >= 0.6 is 11.6 Å². The number of rotatable bonds is 7. The van der Waals surface area contributed by atoms with Crippen LogP contribution in [-0.2, 0) is 4.79 Å². The molecule has 0 aliphatic rings. The molecule has 0 radical (unpaired) electrons. The Morgan fingerprint density at radius 1 is 1.04 bits per heavy atom. The number of benzene rings is 2. The smallest absolute Gasteiger partial charge is 0.265 e. The number of anilines is 1. The lowest BCUT2D eigenvalue weighted by Crippen LogP contribution is -2.30. The van der Waals surface area contributed by atoms with E-state index in [0.29, 0.717) is 33.7 Å². The third-order valence-electron chi connectivity index (χ3n) is 3.41. The van der Waals surface area contributed by atoms with Gasteiger partial charge in [0.1, 0.15) is 5.75 Å². The molecule has 0 saturated heterocycles. The number of ether oxygens (including phenoxy) is 4. The van der Waals surface area contributed by atoms with Crippen molar-refractivity contribution in [3.63, 3.8) is 0 Å². The Morgan fingerprint density at radius 2 is 1.68 bits per heavy atom. The van der Waals surface area contributed by atoms with Crippen LogP contribution in [0.4, 0.5) is 5.69 Å². The average Bonchev–Trinajstić information content (AvgIpc) is 2.60. The highest BCUT2D eigenvalue weighted by Crippen LogP contribution is 2.39. The summed E-state index contributed by atoms with van der Waals surface area (Å²) in [5.41, 5.74) is 0.501. The Labute approximate surface area is 151 Å². The minimum atomic E-state index is -0.724. The standard InChI is InChI=1S/C18H20ClNO5/c1-11(25-14-7-5-6-12(19)8-14)18(21)20-13-9-15(22-2)17(24-4)16(10-13)23-3/h5-11H,1-4H3,(H,20,21). The number of amides is 1. The third-order valence-corrected chi connectivity index (χ3v) is 3.65. The molecule has 1 N–H and O–H groups in total. The molecule has 2 aromatic rings. The fraction of sp³-hybridized carbons (Fsp3) is 0.278. The topological polar surface area (TPSA) is 66.0 Å². The summed E-state index contributed by atoms with van der Waals surface area (Å²) in [5.74, 6) is 1.53. The first-order chi connectivity index (χ1) is 12.0. The molecule has 2 rings (SSSR count). The SMILES string of the molecule is COc1cc(NC(=O)C(C)Oc2cccc(Cl)c2)cc(OC)c1OC. The van der Waals surface area contributed by atoms with Crippen LogP contribution in [0.1, 0.15) is 6.92 Å². The maximum atomic E-state index is 12.4. The lowest BCUT2D eigenvalue weighted by Gasteiger charge is -2.17. The van der Waals surface area contributed by atoms with E-state index in [0.717, 1.165) is 0 Å². The van der Waals surface area contributed by atoms with Crippen molar-refractivity contribution < 1.29 is 23.7 Å². The van der Waals surface area contributed by atoms with Crippen LogP contribution in [0.25, 0.3) is 0 Å². The number of methoxy groups -OCH3 is 3. The molecule has 7 heteroatoms. The summed E-state index contributed by atoms with van der Waals surface area (Å²) in [6.45, 7) is 1.65. The monoisotopic (exact) mass is 365 g/mol. The number of carbonyl (C=O) groups is 1. The molecule has 0 saturated carbocycles. The third kappa shape index (κ3) is 4.70. The van der Waals surface area contributed by atoms with Gasteiger partial charge in [-0.05, 0) is 25.1 Å². The van der Waals surface area contributed by atoms with E-state index in [-0.39, 0.29) is 5.91 Å². The van der Waals surface area contributed by atoms with Gasteiger partial charge in [0, 0.05) is 22.8 Å². The van der Waals surface area contributed by atoms with Gasteiger partial charge in [-0.15, -0.1) is 0 Å². The van der Waals surface area contributed by atoms with E-state index < -0.39 is 6.10 Å². The summed E-state index contributed by atoms with van der Waals surface area (Å²) in [6.07, 6.45) is -0.724. The van der Waals surface area contributed by atoms with Gasteiger partial charge in [0.25, 0.3) is 5.91 Å². The summed E-state index contributed by atoms with van der Waals surface area (Å²) in [4.78, 5) is 12.4. The first kappa shape index (κ1) is 18.7. The molecular weight excluding hydrogens is 346 g/mol. The van der Waals surface area contributed by atoms with Crippen LogP contribution in [0.3, 0.4) is 0 Å². The molecule has 1 amide bonds. The maximum absolute atomic E-state index is 12.4. The highest BCUT2D eigenvalue weighted by atomic mass is 35.5. The highest BCUT2D eigenvalue weighted by molar-refractivity contribution is 6.30. The van der Waals surface area contributed by atoms with Gasteiger partial charge in [0.05, 0.1) is 21.3 Å². The molecule has 134 valence electrons. The van der Waals surface area contributed by atoms with Crippen LogP contribution in [0.2, 0.25) is 5.02 Å². The van der Waals surface area contributed by atoms with Gasteiger partial charge in [-0.1, -0.05) is 17.7 Å². The molecule has 25 heavy (non-hydrogen) atoms. The fourth-order valence-electron chi connectivity index (χ4n) is 2.20. The summed E-state index contributed by atoms with van der Waals surface area (Å²) in [5, 5.41) is 3.30. The number of hydrogen-bond donors (Lipinski definition) is 1. The second-order valence-corrected chi connectivity index (χ2v) is 5.56. The summed E-state index contributed by atoms with van der Waals surface area (Å²) >= 11 is 5.91. The first-order valence-corrected chi connectivity index (χ1v) is 7.89. The van der Waals surface area contributed by atoms with E-state index in [1.807, 2.05) is 0 Å². The Morgan fingerprint density at radius 3 is 2.20 bits per heavy atom. The number of nitrogens with one attached hydrogen (secondary N) is 1. The predicted molar refractivity (Wildman–Crippen MR) is 96.3 cm³/mol. The van der Waals surface area contributed by atoms with Gasteiger partial charge in [-0.3, -0.25) is 4.79 Å². The second-order valence-electron chi connectivity index (χ2n) is 5.12. The van der Waals surface area contributed by atoms with Crippen molar-refractivity contribution >= 4 is 23.2 Å². The van der Waals surface area contributed by atoms with E-state index >= 15 is 0 Å². The molecule has 1 unspecified atom stereocenters. The summed E-state index contributed by atoms with van der Waals surface area (Å²) in [7, 11) is 4.53. The van der Waals surface area contributed by atoms with Gasteiger partial charge in [0.2, 0.25) is 5.75 Å². The largest absolute Gasteiger partial charge is 0.493 e. The van der Waals surface area contributed by atoms with E-state index in [1.54, 1.807) is 43.3 Å². The van der Waals surface area contributed by atoms with Crippen LogP contribution in [0, 0.1) is 0 Å². The van der Waals surface area contributed by atoms with Crippen LogP contribution in [0.15, 0.2) is 36.4 Å². The van der Waals surface area contributed by atoms with Crippen LogP contribution < -0.4 is 24.3 Å². The first-order valence-electron chi connectivity index (χ1n) is 7.51. The molecule has 6 nitrogen and oxygen atoms in total. The molecule has 0 aliphatic heterocycles.